The fraction of sp³-hybridized carbons (Fsp3) is 0.455. The molecule has 82 valence electrons. The number of hydrogen-bond acceptors (Lipinski definition) is 2. The average molecular weight is 212 g/mol. The van der Waals surface area contributed by atoms with Crippen LogP contribution in [0.15, 0.2) is 18.2 Å². The van der Waals surface area contributed by atoms with E-state index in [-0.39, 0.29) is 6.04 Å². The van der Waals surface area contributed by atoms with E-state index in [9.17, 15) is 8.78 Å². The second-order valence-electron chi connectivity index (χ2n) is 4.00. The molecular formula is C11H14F2N2. The van der Waals surface area contributed by atoms with Gasteiger partial charge in [0.1, 0.15) is 11.6 Å². The molecule has 3 N–H and O–H groups in total. The maximum absolute atomic E-state index is 13.5. The molecule has 1 fully saturated rings. The molecule has 1 aliphatic carbocycles. The second-order valence-corrected chi connectivity index (χ2v) is 4.00. The van der Waals surface area contributed by atoms with Crippen LogP contribution in [0.25, 0.3) is 0 Å². The van der Waals surface area contributed by atoms with Crippen molar-refractivity contribution in [3.05, 3.63) is 35.4 Å². The number of benzene rings is 1. The van der Waals surface area contributed by atoms with Gasteiger partial charge in [0.05, 0.1) is 6.04 Å². The Morgan fingerprint density at radius 1 is 1.33 bits per heavy atom. The van der Waals surface area contributed by atoms with E-state index >= 15 is 0 Å². The van der Waals surface area contributed by atoms with Crippen molar-refractivity contribution in [3.63, 3.8) is 0 Å². The summed E-state index contributed by atoms with van der Waals surface area (Å²) in [6.07, 6.45) is 3.25. The molecule has 1 aliphatic rings. The predicted molar refractivity (Wildman–Crippen MR) is 53.8 cm³/mol. The summed E-state index contributed by atoms with van der Waals surface area (Å²) in [7, 11) is 0. The highest BCUT2D eigenvalue weighted by molar-refractivity contribution is 5.23. The predicted octanol–water partition coefficient (Wildman–Crippen LogP) is 2.27. The van der Waals surface area contributed by atoms with Gasteiger partial charge >= 0.3 is 0 Å². The van der Waals surface area contributed by atoms with Gasteiger partial charge in [0.2, 0.25) is 0 Å². The Labute approximate surface area is 87.4 Å². The third-order valence-electron chi connectivity index (χ3n) is 3.10. The van der Waals surface area contributed by atoms with Gasteiger partial charge in [-0.15, -0.1) is 0 Å². The molecule has 1 saturated carbocycles. The van der Waals surface area contributed by atoms with Crippen LogP contribution in [-0.4, -0.2) is 0 Å². The molecule has 0 spiro atoms. The van der Waals surface area contributed by atoms with Crippen LogP contribution in [0, 0.1) is 17.6 Å². The van der Waals surface area contributed by atoms with Gasteiger partial charge in [-0.2, -0.15) is 0 Å². The van der Waals surface area contributed by atoms with Crippen molar-refractivity contribution in [2.75, 3.05) is 0 Å². The monoisotopic (exact) mass is 212 g/mol. The summed E-state index contributed by atoms with van der Waals surface area (Å²) in [5, 5.41) is 0. The van der Waals surface area contributed by atoms with Gasteiger partial charge in [0, 0.05) is 11.6 Å². The van der Waals surface area contributed by atoms with Crippen molar-refractivity contribution in [3.8, 4) is 0 Å². The zero-order chi connectivity index (χ0) is 10.8. The van der Waals surface area contributed by atoms with Crippen molar-refractivity contribution in [2.45, 2.75) is 25.3 Å². The van der Waals surface area contributed by atoms with Gasteiger partial charge in [0.15, 0.2) is 0 Å². The lowest BCUT2D eigenvalue weighted by Crippen LogP contribution is -2.37. The Morgan fingerprint density at radius 2 is 2.07 bits per heavy atom. The topological polar surface area (TPSA) is 38.0 Å². The van der Waals surface area contributed by atoms with E-state index in [1.807, 2.05) is 0 Å². The SMILES string of the molecule is NNC(c1ccc(F)cc1F)C1CCC1. The Morgan fingerprint density at radius 3 is 2.53 bits per heavy atom. The largest absolute Gasteiger partial charge is 0.271 e. The number of hydrazine groups is 1. The lowest BCUT2D eigenvalue weighted by atomic mass is 9.77. The highest BCUT2D eigenvalue weighted by Gasteiger charge is 2.29. The molecule has 0 amide bonds. The molecule has 0 saturated heterocycles. The Balaban J connectivity index is 2.25. The van der Waals surface area contributed by atoms with Crippen LogP contribution in [0.4, 0.5) is 8.78 Å². The molecule has 1 unspecified atom stereocenters. The molecule has 2 nitrogen and oxygen atoms in total. The van der Waals surface area contributed by atoms with Crippen LogP contribution in [0.3, 0.4) is 0 Å². The second kappa shape index (κ2) is 4.24. The minimum Gasteiger partial charge on any atom is -0.271 e. The molecule has 1 aromatic rings. The summed E-state index contributed by atoms with van der Waals surface area (Å²) in [5.74, 6) is 4.70. The van der Waals surface area contributed by atoms with E-state index in [0.717, 1.165) is 25.3 Å². The summed E-state index contributed by atoms with van der Waals surface area (Å²) in [6.45, 7) is 0. The zero-order valence-electron chi connectivity index (χ0n) is 8.34. The van der Waals surface area contributed by atoms with Gasteiger partial charge in [-0.05, 0) is 24.8 Å². The number of hydrogen-bond donors (Lipinski definition) is 2. The van der Waals surface area contributed by atoms with Crippen molar-refractivity contribution >= 4 is 0 Å². The molecule has 1 atom stereocenters. The van der Waals surface area contributed by atoms with E-state index in [1.54, 1.807) is 0 Å². The van der Waals surface area contributed by atoms with Gasteiger partial charge in [-0.25, -0.2) is 8.78 Å². The van der Waals surface area contributed by atoms with Gasteiger partial charge in [-0.1, -0.05) is 12.5 Å². The highest BCUT2D eigenvalue weighted by atomic mass is 19.1. The summed E-state index contributed by atoms with van der Waals surface area (Å²) < 4.78 is 26.2. The van der Waals surface area contributed by atoms with Crippen LogP contribution < -0.4 is 11.3 Å². The standard InChI is InChI=1S/C11H14F2N2/c12-8-4-5-9(10(13)6-8)11(15-14)7-2-1-3-7/h4-7,11,15H,1-3,14H2. The fourth-order valence-corrected chi connectivity index (χ4v) is 2.01. The molecule has 0 aromatic heterocycles. The van der Waals surface area contributed by atoms with E-state index in [1.165, 1.54) is 12.1 Å². The van der Waals surface area contributed by atoms with E-state index in [4.69, 9.17) is 5.84 Å². The van der Waals surface area contributed by atoms with Crippen LogP contribution in [0.2, 0.25) is 0 Å². The fourth-order valence-electron chi connectivity index (χ4n) is 2.01. The molecule has 0 heterocycles. The maximum Gasteiger partial charge on any atom is 0.130 e. The van der Waals surface area contributed by atoms with E-state index < -0.39 is 11.6 Å². The summed E-state index contributed by atoms with van der Waals surface area (Å²) >= 11 is 0. The van der Waals surface area contributed by atoms with Crippen LogP contribution in [0.1, 0.15) is 30.9 Å². The lowest BCUT2D eigenvalue weighted by Gasteiger charge is -2.33. The average Bonchev–Trinajstić information content (AvgIpc) is 2.12. The number of nitrogens with two attached hydrogens (primary N) is 1. The maximum atomic E-state index is 13.5. The molecule has 15 heavy (non-hydrogen) atoms. The van der Waals surface area contributed by atoms with E-state index in [2.05, 4.69) is 5.43 Å². The highest BCUT2D eigenvalue weighted by Crippen LogP contribution is 2.37. The number of rotatable bonds is 3. The molecule has 1 aromatic carbocycles. The molecule has 0 bridgehead atoms. The number of halogens is 2. The smallest absolute Gasteiger partial charge is 0.130 e. The normalized spacial score (nSPS) is 18.6. The van der Waals surface area contributed by atoms with Crippen molar-refractivity contribution < 1.29 is 8.78 Å². The van der Waals surface area contributed by atoms with Gasteiger partial charge in [0.25, 0.3) is 0 Å². The third-order valence-corrected chi connectivity index (χ3v) is 3.10. The first-order valence-electron chi connectivity index (χ1n) is 5.13. The number of nitrogens with one attached hydrogen (secondary N) is 1. The summed E-state index contributed by atoms with van der Waals surface area (Å²) in [6, 6.07) is 3.44. The Kier molecular flexibility index (Phi) is 2.98. The minimum atomic E-state index is -0.555. The zero-order valence-corrected chi connectivity index (χ0v) is 8.34. The van der Waals surface area contributed by atoms with Crippen molar-refractivity contribution in [1.82, 2.24) is 5.43 Å². The summed E-state index contributed by atoms with van der Waals surface area (Å²) in [5.41, 5.74) is 3.08. The van der Waals surface area contributed by atoms with Gasteiger partial charge < -0.3 is 0 Å². The van der Waals surface area contributed by atoms with Crippen molar-refractivity contribution in [2.24, 2.45) is 11.8 Å². The first-order valence-corrected chi connectivity index (χ1v) is 5.13. The minimum absolute atomic E-state index is 0.195. The molecule has 0 radical (unpaired) electrons. The molecule has 2 rings (SSSR count). The Hall–Kier alpha value is -1.00. The van der Waals surface area contributed by atoms with Gasteiger partial charge in [-0.3, -0.25) is 11.3 Å². The summed E-state index contributed by atoms with van der Waals surface area (Å²) in [4.78, 5) is 0. The lowest BCUT2D eigenvalue weighted by molar-refractivity contribution is 0.228. The third kappa shape index (κ3) is 2.01. The first-order chi connectivity index (χ1) is 7.22. The van der Waals surface area contributed by atoms with E-state index in [0.29, 0.717) is 11.5 Å². The molecule has 0 aliphatic heterocycles. The molecule has 4 heteroatoms. The van der Waals surface area contributed by atoms with Crippen molar-refractivity contribution in [1.29, 1.82) is 0 Å². The molecular weight excluding hydrogens is 198 g/mol. The van der Waals surface area contributed by atoms with Crippen LogP contribution in [0.5, 0.6) is 0 Å². The van der Waals surface area contributed by atoms with Crippen LogP contribution in [-0.2, 0) is 0 Å². The first kappa shape index (κ1) is 10.5. The van der Waals surface area contributed by atoms with Crippen LogP contribution >= 0.6 is 0 Å². The quantitative estimate of drug-likeness (QED) is 0.595. The Bertz CT molecular complexity index is 350.